The fraction of sp³-hybridized carbons (Fsp3) is 0.857. The molecule has 6 heteroatoms. The molecule has 6 nitrogen and oxygen atoms in total. The fourth-order valence-electron chi connectivity index (χ4n) is 4.99. The van der Waals surface area contributed by atoms with Crippen LogP contribution in [0.2, 0.25) is 0 Å². The third kappa shape index (κ3) is 0.850. The van der Waals surface area contributed by atoms with Gasteiger partial charge in [0.15, 0.2) is 11.8 Å². The summed E-state index contributed by atoms with van der Waals surface area (Å²) in [6.45, 7) is 12.3. The van der Waals surface area contributed by atoms with E-state index in [0.717, 1.165) is 0 Å². The van der Waals surface area contributed by atoms with Crippen LogP contribution in [0.3, 0.4) is 0 Å². The van der Waals surface area contributed by atoms with Gasteiger partial charge in [-0.15, -0.1) is 0 Å². The molecule has 4 aliphatic heterocycles. The van der Waals surface area contributed by atoms with Crippen molar-refractivity contribution in [2.24, 2.45) is 0 Å². The van der Waals surface area contributed by atoms with E-state index in [-0.39, 0.29) is 41.9 Å². The van der Waals surface area contributed by atoms with Gasteiger partial charge in [-0.2, -0.15) is 0 Å². The predicted molar refractivity (Wildman–Crippen MR) is 72.8 cm³/mol. The van der Waals surface area contributed by atoms with Crippen LogP contribution >= 0.6 is 0 Å². The highest BCUT2D eigenvalue weighted by Crippen LogP contribution is 2.58. The smallest absolute Gasteiger partial charge is 0.295 e. The van der Waals surface area contributed by atoms with Crippen molar-refractivity contribution in [3.05, 3.63) is 0 Å². The summed E-state index contributed by atoms with van der Waals surface area (Å²) in [6.07, 6.45) is -0.142. The van der Waals surface area contributed by atoms with Crippen LogP contribution in [0.1, 0.15) is 41.5 Å². The molecule has 0 aliphatic carbocycles. The summed E-state index contributed by atoms with van der Waals surface area (Å²) in [4.78, 5) is 33.5. The van der Waals surface area contributed by atoms with E-state index >= 15 is 0 Å². The molecular formula is C14H22N4O2. The Kier molecular flexibility index (Phi) is 1.79. The molecule has 20 heavy (non-hydrogen) atoms. The number of carbonyl (C=O) groups excluding carboxylic acids is 2. The van der Waals surface area contributed by atoms with Gasteiger partial charge in [-0.3, -0.25) is 19.6 Å². The largest absolute Gasteiger partial charge is 0.324 e. The zero-order valence-corrected chi connectivity index (χ0v) is 12.9. The van der Waals surface area contributed by atoms with Gasteiger partial charge in [-0.05, 0) is 41.5 Å². The van der Waals surface area contributed by atoms with Crippen LogP contribution in [0.4, 0.5) is 9.59 Å². The fourth-order valence-corrected chi connectivity index (χ4v) is 4.99. The van der Waals surface area contributed by atoms with Crippen LogP contribution in [-0.2, 0) is 0 Å². The standard InChI is InChI=1S/C14H22N4O2/c1-7-8(2)16-10-14(6)17(11(19)15(7)10)9(3)13(4,5)18(14)12(16)20/h7-10H,1-6H3. The molecule has 4 fully saturated rings. The second-order valence-corrected chi connectivity index (χ2v) is 7.36. The molecule has 0 spiro atoms. The Hall–Kier alpha value is -1.46. The minimum atomic E-state index is -0.532. The number of rotatable bonds is 0. The normalized spacial score (nSPS) is 47.9. The highest BCUT2D eigenvalue weighted by Gasteiger charge is 2.79. The van der Waals surface area contributed by atoms with Gasteiger partial charge in [0.05, 0.1) is 23.7 Å². The van der Waals surface area contributed by atoms with Gasteiger partial charge < -0.3 is 0 Å². The first-order valence-electron chi connectivity index (χ1n) is 7.41. The van der Waals surface area contributed by atoms with Gasteiger partial charge in [0, 0.05) is 0 Å². The number of nitrogens with zero attached hydrogens (tertiary/aromatic N) is 4. The molecule has 4 rings (SSSR count). The van der Waals surface area contributed by atoms with E-state index in [9.17, 15) is 9.59 Å². The lowest BCUT2D eigenvalue weighted by atomic mass is 9.95. The van der Waals surface area contributed by atoms with Crippen LogP contribution < -0.4 is 0 Å². The maximum absolute atomic E-state index is 13.0. The minimum absolute atomic E-state index is 0.0270. The minimum Gasteiger partial charge on any atom is -0.295 e. The monoisotopic (exact) mass is 278 g/mol. The summed E-state index contributed by atoms with van der Waals surface area (Å²) in [5, 5.41) is 0. The van der Waals surface area contributed by atoms with Gasteiger partial charge in [-0.25, -0.2) is 9.59 Å². The van der Waals surface area contributed by atoms with E-state index in [4.69, 9.17) is 0 Å². The van der Waals surface area contributed by atoms with Crippen LogP contribution in [0.5, 0.6) is 0 Å². The molecular weight excluding hydrogens is 256 g/mol. The van der Waals surface area contributed by atoms with Gasteiger partial charge in [0.1, 0.15) is 0 Å². The number of hydrogen-bond acceptors (Lipinski definition) is 2. The number of amides is 4. The van der Waals surface area contributed by atoms with E-state index < -0.39 is 5.66 Å². The van der Waals surface area contributed by atoms with E-state index in [0.29, 0.717) is 0 Å². The summed E-state index contributed by atoms with van der Waals surface area (Å²) in [5.41, 5.74) is -0.864. The Balaban J connectivity index is 1.98. The summed E-state index contributed by atoms with van der Waals surface area (Å²) in [5.74, 6) is 0. The molecule has 4 saturated heterocycles. The molecule has 0 aromatic carbocycles. The Morgan fingerprint density at radius 1 is 0.900 bits per heavy atom. The first kappa shape index (κ1) is 12.3. The van der Waals surface area contributed by atoms with Crippen molar-refractivity contribution < 1.29 is 9.59 Å². The molecule has 5 atom stereocenters. The van der Waals surface area contributed by atoms with Crippen LogP contribution in [0, 0.1) is 0 Å². The quantitative estimate of drug-likeness (QED) is 0.674. The van der Waals surface area contributed by atoms with Gasteiger partial charge in [0.25, 0.3) is 0 Å². The lowest BCUT2D eigenvalue weighted by Gasteiger charge is -2.36. The lowest BCUT2D eigenvalue weighted by molar-refractivity contribution is 0.0783. The van der Waals surface area contributed by atoms with Crippen LogP contribution in [0.25, 0.3) is 0 Å². The van der Waals surface area contributed by atoms with E-state index in [1.165, 1.54) is 0 Å². The van der Waals surface area contributed by atoms with Crippen molar-refractivity contribution in [1.82, 2.24) is 19.6 Å². The van der Waals surface area contributed by atoms with Crippen molar-refractivity contribution in [2.45, 2.75) is 77.0 Å². The molecule has 0 aromatic rings. The average Bonchev–Trinajstić information content (AvgIpc) is 2.87. The molecule has 0 radical (unpaired) electrons. The van der Waals surface area contributed by atoms with Gasteiger partial charge in [-0.1, -0.05) is 0 Å². The summed E-state index contributed by atoms with van der Waals surface area (Å²) < 4.78 is 0. The average molecular weight is 278 g/mol. The van der Waals surface area contributed by atoms with Crippen molar-refractivity contribution in [3.63, 3.8) is 0 Å². The molecule has 4 aliphatic rings. The van der Waals surface area contributed by atoms with E-state index in [1.54, 1.807) is 0 Å². The molecule has 4 amide bonds. The molecule has 110 valence electrons. The van der Waals surface area contributed by atoms with Crippen molar-refractivity contribution >= 4 is 12.1 Å². The highest BCUT2D eigenvalue weighted by molar-refractivity contribution is 5.90. The van der Waals surface area contributed by atoms with Gasteiger partial charge >= 0.3 is 12.1 Å². The molecule has 0 aromatic heterocycles. The second-order valence-electron chi connectivity index (χ2n) is 7.36. The molecule has 0 N–H and O–H groups in total. The van der Waals surface area contributed by atoms with E-state index in [1.807, 2.05) is 40.4 Å². The molecule has 0 saturated carbocycles. The van der Waals surface area contributed by atoms with Crippen molar-refractivity contribution in [2.75, 3.05) is 0 Å². The predicted octanol–water partition coefficient (Wildman–Crippen LogP) is 1.48. The second kappa shape index (κ2) is 2.92. The number of hydrogen-bond donors (Lipinski definition) is 0. The topological polar surface area (TPSA) is 47.1 Å². The first-order valence-corrected chi connectivity index (χ1v) is 7.41. The summed E-state index contributed by atoms with van der Waals surface area (Å²) in [6, 6.07) is 0.337. The Bertz CT molecular complexity index is 547. The number of carbonyl (C=O) groups is 2. The third-order valence-corrected chi connectivity index (χ3v) is 6.36. The van der Waals surface area contributed by atoms with Crippen molar-refractivity contribution in [1.29, 1.82) is 0 Å². The third-order valence-electron chi connectivity index (χ3n) is 6.36. The van der Waals surface area contributed by atoms with Crippen LogP contribution in [-0.4, -0.2) is 67.2 Å². The Labute approximate surface area is 119 Å². The van der Waals surface area contributed by atoms with Gasteiger partial charge in [0.2, 0.25) is 0 Å². The number of urea groups is 2. The lowest BCUT2D eigenvalue weighted by Crippen LogP contribution is -2.54. The SMILES string of the molecule is CC1C(C)N2C(=O)N3C(C)(C)C(C)N4C(=O)N1C2C43C. The van der Waals surface area contributed by atoms with Crippen molar-refractivity contribution in [3.8, 4) is 0 Å². The van der Waals surface area contributed by atoms with Crippen LogP contribution in [0.15, 0.2) is 0 Å². The molecule has 4 heterocycles. The summed E-state index contributed by atoms with van der Waals surface area (Å²) in [7, 11) is 0. The van der Waals surface area contributed by atoms with E-state index in [2.05, 4.69) is 20.8 Å². The highest BCUT2D eigenvalue weighted by atomic mass is 16.2. The molecule has 5 unspecified atom stereocenters. The summed E-state index contributed by atoms with van der Waals surface area (Å²) >= 11 is 0. The Morgan fingerprint density at radius 2 is 1.40 bits per heavy atom. The Morgan fingerprint density at radius 3 is 1.95 bits per heavy atom. The first-order chi connectivity index (χ1) is 9.16. The zero-order chi connectivity index (χ0) is 14.8. The zero-order valence-electron chi connectivity index (χ0n) is 12.9. The molecule has 0 bridgehead atoms. The maximum Gasteiger partial charge on any atom is 0.324 e. The maximum atomic E-state index is 13.0.